The van der Waals surface area contributed by atoms with Crippen molar-refractivity contribution in [3.8, 4) is 11.5 Å². The van der Waals surface area contributed by atoms with Crippen LogP contribution >= 0.6 is 15.9 Å². The third kappa shape index (κ3) is 2.55. The Balaban J connectivity index is 2.22. The number of hydrogen-bond acceptors (Lipinski definition) is 5. The van der Waals surface area contributed by atoms with Crippen LogP contribution in [0.25, 0.3) is 22.4 Å². The van der Waals surface area contributed by atoms with Crippen molar-refractivity contribution in [3.63, 3.8) is 0 Å². The van der Waals surface area contributed by atoms with E-state index < -0.39 is 10.5 Å². The van der Waals surface area contributed by atoms with Gasteiger partial charge < -0.3 is 4.42 Å². The largest absolute Gasteiger partial charge is 0.437 e. The monoisotopic (exact) mass is 346 g/mol. The zero-order valence-corrected chi connectivity index (χ0v) is 12.0. The minimum atomic E-state index is -0.514. The summed E-state index contributed by atoms with van der Waals surface area (Å²) in [5, 5.41) is 11.1. The molecule has 0 unspecified atom stereocenters. The number of benzene rings is 2. The zero-order chi connectivity index (χ0) is 15.0. The first-order chi connectivity index (χ1) is 10.0. The predicted molar refractivity (Wildman–Crippen MR) is 80.1 cm³/mol. The molecule has 1 aromatic heterocycles. The van der Waals surface area contributed by atoms with Gasteiger partial charge >= 0.3 is 0 Å². The molecule has 0 aliphatic rings. The van der Waals surface area contributed by atoms with Gasteiger partial charge in [0, 0.05) is 22.2 Å². The molecule has 0 bridgehead atoms. The van der Waals surface area contributed by atoms with Crippen LogP contribution in [-0.4, -0.2) is 9.91 Å². The minimum Gasteiger partial charge on any atom is -0.437 e. The van der Waals surface area contributed by atoms with E-state index in [-0.39, 0.29) is 11.6 Å². The number of rotatable bonds is 2. The first-order valence-electron chi connectivity index (χ1n) is 5.90. The third-order valence-electron chi connectivity index (χ3n) is 2.89. The molecule has 3 aromatic rings. The summed E-state index contributed by atoms with van der Waals surface area (Å²) in [5.41, 5.74) is 0.220. The maximum absolute atomic E-state index is 12.0. The van der Waals surface area contributed by atoms with Crippen LogP contribution in [0.15, 0.2) is 56.1 Å². The number of aromatic nitrogens is 1. The second-order valence-electron chi connectivity index (χ2n) is 4.27. The number of halogens is 1. The van der Waals surface area contributed by atoms with Crippen LogP contribution in [0, 0.1) is 10.1 Å². The molecule has 0 spiro atoms. The Bertz CT molecular complexity index is 920. The van der Waals surface area contributed by atoms with Crippen molar-refractivity contribution in [2.75, 3.05) is 0 Å². The summed E-state index contributed by atoms with van der Waals surface area (Å²) in [6, 6.07) is 10.8. The lowest BCUT2D eigenvalue weighted by atomic mass is 10.2. The molecule has 2 aromatic carbocycles. The SMILES string of the molecule is O=c1nc(-c2cccc([N+](=O)[O-])c2)oc2ccc(Br)cc12. The van der Waals surface area contributed by atoms with Crippen LogP contribution in [0.3, 0.4) is 0 Å². The van der Waals surface area contributed by atoms with Gasteiger partial charge in [-0.3, -0.25) is 14.9 Å². The molecule has 0 aliphatic heterocycles. The number of non-ortho nitro benzene ring substituents is 1. The van der Waals surface area contributed by atoms with Gasteiger partial charge in [0.1, 0.15) is 5.58 Å². The Morgan fingerprint density at radius 3 is 2.76 bits per heavy atom. The van der Waals surface area contributed by atoms with Gasteiger partial charge in [0.25, 0.3) is 11.2 Å². The average molecular weight is 347 g/mol. The van der Waals surface area contributed by atoms with E-state index in [1.54, 1.807) is 24.3 Å². The highest BCUT2D eigenvalue weighted by molar-refractivity contribution is 9.10. The van der Waals surface area contributed by atoms with Gasteiger partial charge in [0.05, 0.1) is 10.3 Å². The Labute approximate surface area is 126 Å². The number of fused-ring (bicyclic) bond motifs is 1. The average Bonchev–Trinajstić information content (AvgIpc) is 2.48. The second-order valence-corrected chi connectivity index (χ2v) is 5.19. The Kier molecular flexibility index (Phi) is 3.26. The third-order valence-corrected chi connectivity index (χ3v) is 3.38. The van der Waals surface area contributed by atoms with Crippen LogP contribution in [0.2, 0.25) is 0 Å². The predicted octanol–water partition coefficient (Wildman–Crippen LogP) is 3.53. The van der Waals surface area contributed by atoms with E-state index in [4.69, 9.17) is 4.42 Å². The minimum absolute atomic E-state index is 0.0542. The number of nitrogens with zero attached hydrogens (tertiary/aromatic N) is 2. The summed E-state index contributed by atoms with van der Waals surface area (Å²) in [5.74, 6) is 0.0542. The number of nitro groups is 1. The van der Waals surface area contributed by atoms with Gasteiger partial charge in [-0.25, -0.2) is 0 Å². The quantitative estimate of drug-likeness (QED) is 0.523. The molecular formula is C14H7BrN2O4. The Hall–Kier alpha value is -2.54. The van der Waals surface area contributed by atoms with Crippen molar-refractivity contribution in [2.24, 2.45) is 0 Å². The van der Waals surface area contributed by atoms with Crippen LogP contribution in [0.1, 0.15) is 0 Å². The van der Waals surface area contributed by atoms with Gasteiger partial charge in [-0.05, 0) is 24.3 Å². The van der Waals surface area contributed by atoms with E-state index in [9.17, 15) is 14.9 Å². The van der Waals surface area contributed by atoms with Crippen LogP contribution < -0.4 is 5.56 Å². The Morgan fingerprint density at radius 1 is 1.19 bits per heavy atom. The molecule has 0 radical (unpaired) electrons. The fraction of sp³-hybridized carbons (Fsp3) is 0. The van der Waals surface area contributed by atoms with Crippen molar-refractivity contribution in [2.45, 2.75) is 0 Å². The molecule has 104 valence electrons. The molecule has 1 heterocycles. The fourth-order valence-corrected chi connectivity index (χ4v) is 2.27. The van der Waals surface area contributed by atoms with Gasteiger partial charge in [-0.2, -0.15) is 4.98 Å². The molecule has 6 nitrogen and oxygen atoms in total. The van der Waals surface area contributed by atoms with E-state index in [0.29, 0.717) is 16.5 Å². The molecule has 3 rings (SSSR count). The summed E-state index contributed by atoms with van der Waals surface area (Å²) in [6.45, 7) is 0. The topological polar surface area (TPSA) is 86.2 Å². The van der Waals surface area contributed by atoms with Crippen molar-refractivity contribution in [3.05, 3.63) is 67.4 Å². The van der Waals surface area contributed by atoms with Crippen molar-refractivity contribution in [1.82, 2.24) is 4.98 Å². The van der Waals surface area contributed by atoms with Gasteiger partial charge in [-0.15, -0.1) is 0 Å². The fourth-order valence-electron chi connectivity index (χ4n) is 1.91. The zero-order valence-electron chi connectivity index (χ0n) is 10.4. The second kappa shape index (κ2) is 5.10. The van der Waals surface area contributed by atoms with E-state index >= 15 is 0 Å². The molecule has 0 N–H and O–H groups in total. The van der Waals surface area contributed by atoms with Crippen LogP contribution in [0.4, 0.5) is 5.69 Å². The van der Waals surface area contributed by atoms with Gasteiger partial charge in [0.2, 0.25) is 5.89 Å². The summed E-state index contributed by atoms with van der Waals surface area (Å²) in [6.07, 6.45) is 0. The summed E-state index contributed by atoms with van der Waals surface area (Å²) >= 11 is 3.27. The number of hydrogen-bond donors (Lipinski definition) is 0. The molecular weight excluding hydrogens is 340 g/mol. The van der Waals surface area contributed by atoms with Gasteiger partial charge in [0.15, 0.2) is 0 Å². The lowest BCUT2D eigenvalue weighted by Crippen LogP contribution is -2.07. The van der Waals surface area contributed by atoms with Crippen LogP contribution in [-0.2, 0) is 0 Å². The first-order valence-corrected chi connectivity index (χ1v) is 6.69. The molecule has 21 heavy (non-hydrogen) atoms. The molecule has 0 fully saturated rings. The molecule has 0 aliphatic carbocycles. The summed E-state index contributed by atoms with van der Waals surface area (Å²) in [7, 11) is 0. The maximum atomic E-state index is 12.0. The van der Waals surface area contributed by atoms with E-state index in [1.165, 1.54) is 18.2 Å². The normalized spacial score (nSPS) is 10.7. The molecule has 0 amide bonds. The first kappa shape index (κ1) is 13.4. The van der Waals surface area contributed by atoms with E-state index in [1.807, 2.05) is 0 Å². The number of nitro benzene ring substituents is 1. The lowest BCUT2D eigenvalue weighted by molar-refractivity contribution is -0.384. The van der Waals surface area contributed by atoms with Gasteiger partial charge in [-0.1, -0.05) is 22.0 Å². The smallest absolute Gasteiger partial charge is 0.284 e. The maximum Gasteiger partial charge on any atom is 0.284 e. The van der Waals surface area contributed by atoms with E-state index in [2.05, 4.69) is 20.9 Å². The van der Waals surface area contributed by atoms with E-state index in [0.717, 1.165) is 4.47 Å². The molecule has 0 atom stereocenters. The highest BCUT2D eigenvalue weighted by Crippen LogP contribution is 2.24. The molecule has 7 heteroatoms. The van der Waals surface area contributed by atoms with Crippen molar-refractivity contribution >= 4 is 32.6 Å². The standard InChI is InChI=1S/C14H7BrN2O4/c15-9-4-5-12-11(7-9)13(18)16-14(21-12)8-2-1-3-10(6-8)17(19)20/h1-7H. The highest BCUT2D eigenvalue weighted by Gasteiger charge is 2.12. The molecule has 0 saturated carbocycles. The summed E-state index contributed by atoms with van der Waals surface area (Å²) < 4.78 is 6.31. The summed E-state index contributed by atoms with van der Waals surface area (Å²) in [4.78, 5) is 26.1. The van der Waals surface area contributed by atoms with Crippen LogP contribution in [0.5, 0.6) is 0 Å². The lowest BCUT2D eigenvalue weighted by Gasteiger charge is -2.02. The van der Waals surface area contributed by atoms with Crippen molar-refractivity contribution < 1.29 is 9.34 Å². The highest BCUT2D eigenvalue weighted by atomic mass is 79.9. The van der Waals surface area contributed by atoms with Crippen molar-refractivity contribution in [1.29, 1.82) is 0 Å². The molecule has 0 saturated heterocycles. The Morgan fingerprint density at radius 2 is 2.00 bits per heavy atom.